The first-order valence-electron chi connectivity index (χ1n) is 9.67. The first-order chi connectivity index (χ1) is 13.7. The number of carbonyl (C=O) groups excluding carboxylic acids is 2. The van der Waals surface area contributed by atoms with E-state index in [0.29, 0.717) is 25.3 Å². The molecule has 1 aliphatic rings. The Morgan fingerprint density at radius 1 is 1.17 bits per heavy atom. The zero-order valence-electron chi connectivity index (χ0n) is 17.3. The van der Waals surface area contributed by atoms with Gasteiger partial charge < -0.3 is 19.7 Å². The molecule has 1 aromatic heterocycles. The Hall–Kier alpha value is -3.09. The van der Waals surface area contributed by atoms with Gasteiger partial charge in [-0.25, -0.2) is 4.79 Å². The molecule has 1 N–H and O–H groups in total. The van der Waals surface area contributed by atoms with Crippen LogP contribution >= 0.6 is 0 Å². The fourth-order valence-corrected chi connectivity index (χ4v) is 3.13. The summed E-state index contributed by atoms with van der Waals surface area (Å²) in [6.45, 7) is 6.09. The highest BCUT2D eigenvalue weighted by molar-refractivity contribution is 5.96. The van der Waals surface area contributed by atoms with Crippen LogP contribution in [0.4, 0.5) is 10.5 Å². The van der Waals surface area contributed by atoms with Crippen LogP contribution in [0.25, 0.3) is 11.1 Å². The second-order valence-electron chi connectivity index (χ2n) is 7.98. The molecule has 0 radical (unpaired) electrons. The third kappa shape index (κ3) is 5.47. The van der Waals surface area contributed by atoms with E-state index in [1.165, 1.54) is 0 Å². The molecule has 0 aliphatic carbocycles. The number of nitrogens with one attached hydrogen (secondary N) is 1. The van der Waals surface area contributed by atoms with E-state index in [4.69, 9.17) is 9.47 Å². The molecule has 0 unspecified atom stereocenters. The Labute approximate surface area is 171 Å². The third-order valence-corrected chi connectivity index (χ3v) is 4.51. The monoisotopic (exact) mass is 397 g/mol. The molecule has 2 heterocycles. The van der Waals surface area contributed by atoms with Crippen LogP contribution in [0.3, 0.4) is 0 Å². The van der Waals surface area contributed by atoms with Crippen molar-refractivity contribution in [2.24, 2.45) is 0 Å². The first-order valence-corrected chi connectivity index (χ1v) is 9.67. The van der Waals surface area contributed by atoms with Crippen LogP contribution in [0.1, 0.15) is 32.8 Å². The van der Waals surface area contributed by atoms with E-state index in [0.717, 1.165) is 28.8 Å². The molecule has 0 bridgehead atoms. The minimum Gasteiger partial charge on any atom is -0.490 e. The summed E-state index contributed by atoms with van der Waals surface area (Å²) >= 11 is 0. The minimum absolute atomic E-state index is 0.141. The maximum Gasteiger partial charge on any atom is 0.407 e. The van der Waals surface area contributed by atoms with Gasteiger partial charge in [0, 0.05) is 30.9 Å². The Bertz CT molecular complexity index is 905. The predicted molar refractivity (Wildman–Crippen MR) is 111 cm³/mol. The summed E-state index contributed by atoms with van der Waals surface area (Å²) < 4.78 is 10.9. The summed E-state index contributed by atoms with van der Waals surface area (Å²) in [5.41, 5.74) is 3.54. The largest absolute Gasteiger partial charge is 0.490 e. The molecule has 7 heteroatoms. The summed E-state index contributed by atoms with van der Waals surface area (Å²) in [5.74, 6) is 0.765. The van der Waals surface area contributed by atoms with Gasteiger partial charge in [0.05, 0.1) is 12.7 Å². The number of ether oxygens (including phenoxy) is 2. The second kappa shape index (κ2) is 8.51. The van der Waals surface area contributed by atoms with Crippen molar-refractivity contribution in [2.75, 3.05) is 25.1 Å². The molecule has 0 saturated carbocycles. The van der Waals surface area contributed by atoms with Gasteiger partial charge in [0.15, 0.2) is 0 Å². The van der Waals surface area contributed by atoms with E-state index in [1.807, 2.05) is 39.0 Å². The molecule has 0 spiro atoms. The average Bonchev–Trinajstić information content (AvgIpc) is 2.67. The number of fused-ring (bicyclic) bond motifs is 1. The van der Waals surface area contributed by atoms with Gasteiger partial charge in [0.2, 0.25) is 5.91 Å². The van der Waals surface area contributed by atoms with Gasteiger partial charge in [0.1, 0.15) is 18.0 Å². The number of rotatable bonds is 5. The standard InChI is InChI=1S/C22H27N3O4/c1-22(2,3)29-21(27)24-9-10-28-18-12-17(13-23-14-18)15-5-7-19-16(11-15)6-8-20(26)25(19)4/h5,7,11-14H,6,8-10H2,1-4H3,(H,24,27). The SMILES string of the molecule is CN1C(=O)CCc2cc(-c3cncc(OCCNC(=O)OC(C)(C)C)c3)ccc21. The van der Waals surface area contributed by atoms with Crippen molar-refractivity contribution >= 4 is 17.7 Å². The zero-order valence-corrected chi connectivity index (χ0v) is 17.3. The summed E-state index contributed by atoms with van der Waals surface area (Å²) in [4.78, 5) is 29.5. The number of amides is 2. The van der Waals surface area contributed by atoms with E-state index in [2.05, 4.69) is 16.4 Å². The fourth-order valence-electron chi connectivity index (χ4n) is 3.13. The molecule has 29 heavy (non-hydrogen) atoms. The van der Waals surface area contributed by atoms with Crippen molar-refractivity contribution in [2.45, 2.75) is 39.2 Å². The lowest BCUT2D eigenvalue weighted by atomic mass is 9.97. The maximum atomic E-state index is 11.9. The van der Waals surface area contributed by atoms with Crippen molar-refractivity contribution < 1.29 is 19.1 Å². The lowest BCUT2D eigenvalue weighted by Gasteiger charge is -2.26. The highest BCUT2D eigenvalue weighted by atomic mass is 16.6. The summed E-state index contributed by atoms with van der Waals surface area (Å²) in [6, 6.07) is 7.97. The van der Waals surface area contributed by atoms with Crippen LogP contribution in [-0.4, -0.2) is 42.8 Å². The van der Waals surface area contributed by atoms with Gasteiger partial charge in [-0.05, 0) is 56.5 Å². The van der Waals surface area contributed by atoms with Crippen LogP contribution in [0, 0.1) is 0 Å². The van der Waals surface area contributed by atoms with Gasteiger partial charge in [-0.15, -0.1) is 0 Å². The van der Waals surface area contributed by atoms with Gasteiger partial charge in [-0.3, -0.25) is 9.78 Å². The van der Waals surface area contributed by atoms with Crippen LogP contribution in [-0.2, 0) is 16.0 Å². The lowest BCUT2D eigenvalue weighted by molar-refractivity contribution is -0.118. The predicted octanol–water partition coefficient (Wildman–Crippen LogP) is 3.56. The molecule has 0 saturated heterocycles. The lowest BCUT2D eigenvalue weighted by Crippen LogP contribution is -2.34. The van der Waals surface area contributed by atoms with E-state index in [9.17, 15) is 9.59 Å². The molecule has 2 aromatic rings. The van der Waals surface area contributed by atoms with Gasteiger partial charge in [-0.1, -0.05) is 6.07 Å². The molecule has 154 valence electrons. The number of anilines is 1. The highest BCUT2D eigenvalue weighted by Crippen LogP contribution is 2.32. The minimum atomic E-state index is -0.528. The number of carbonyl (C=O) groups is 2. The number of hydrogen-bond donors (Lipinski definition) is 1. The summed E-state index contributed by atoms with van der Waals surface area (Å²) in [5, 5.41) is 2.66. The first kappa shape index (κ1) is 20.6. The molecule has 3 rings (SSSR count). The summed E-state index contributed by atoms with van der Waals surface area (Å²) in [6.07, 6.45) is 4.23. The second-order valence-corrected chi connectivity index (χ2v) is 7.98. The molecular formula is C22H27N3O4. The van der Waals surface area contributed by atoms with Crippen molar-refractivity contribution in [3.63, 3.8) is 0 Å². The number of benzene rings is 1. The van der Waals surface area contributed by atoms with E-state index in [-0.39, 0.29) is 5.91 Å². The molecule has 0 atom stereocenters. The quantitative estimate of drug-likeness (QED) is 0.780. The Morgan fingerprint density at radius 3 is 2.72 bits per heavy atom. The number of aryl methyl sites for hydroxylation is 1. The molecule has 0 fully saturated rings. The molecule has 7 nitrogen and oxygen atoms in total. The Kier molecular flexibility index (Phi) is 6.06. The van der Waals surface area contributed by atoms with E-state index < -0.39 is 11.7 Å². The molecular weight excluding hydrogens is 370 g/mol. The fraction of sp³-hybridized carbons (Fsp3) is 0.409. The van der Waals surface area contributed by atoms with Crippen LogP contribution in [0.2, 0.25) is 0 Å². The van der Waals surface area contributed by atoms with Crippen LogP contribution in [0.15, 0.2) is 36.7 Å². The molecule has 1 aromatic carbocycles. The zero-order chi connectivity index (χ0) is 21.0. The van der Waals surface area contributed by atoms with Crippen molar-refractivity contribution in [3.8, 4) is 16.9 Å². The van der Waals surface area contributed by atoms with Crippen LogP contribution < -0.4 is 15.0 Å². The molecule has 2 amide bonds. The van der Waals surface area contributed by atoms with Gasteiger partial charge in [-0.2, -0.15) is 0 Å². The van der Waals surface area contributed by atoms with E-state index in [1.54, 1.807) is 24.3 Å². The maximum absolute atomic E-state index is 11.9. The Morgan fingerprint density at radius 2 is 1.97 bits per heavy atom. The number of alkyl carbamates (subject to hydrolysis) is 1. The van der Waals surface area contributed by atoms with E-state index >= 15 is 0 Å². The number of aromatic nitrogens is 1. The van der Waals surface area contributed by atoms with Gasteiger partial charge >= 0.3 is 6.09 Å². The average molecular weight is 397 g/mol. The number of nitrogens with zero attached hydrogens (tertiary/aromatic N) is 2. The van der Waals surface area contributed by atoms with Crippen molar-refractivity contribution in [1.82, 2.24) is 10.3 Å². The molecule has 1 aliphatic heterocycles. The Balaban J connectivity index is 1.60. The summed E-state index contributed by atoms with van der Waals surface area (Å²) in [7, 11) is 1.81. The number of pyridine rings is 1. The topological polar surface area (TPSA) is 80.8 Å². The third-order valence-electron chi connectivity index (χ3n) is 4.51. The van der Waals surface area contributed by atoms with Gasteiger partial charge in [0.25, 0.3) is 0 Å². The van der Waals surface area contributed by atoms with Crippen molar-refractivity contribution in [1.29, 1.82) is 0 Å². The normalized spacial score (nSPS) is 13.7. The number of hydrogen-bond acceptors (Lipinski definition) is 5. The van der Waals surface area contributed by atoms with Crippen LogP contribution in [0.5, 0.6) is 5.75 Å². The highest BCUT2D eigenvalue weighted by Gasteiger charge is 2.21. The smallest absolute Gasteiger partial charge is 0.407 e. The van der Waals surface area contributed by atoms with Crippen molar-refractivity contribution in [3.05, 3.63) is 42.2 Å².